The first-order valence-electron chi connectivity index (χ1n) is 6.55. The number of aromatic nitrogens is 2. The highest BCUT2D eigenvalue weighted by Gasteiger charge is 2.16. The summed E-state index contributed by atoms with van der Waals surface area (Å²) < 4.78 is 12.1. The van der Waals surface area contributed by atoms with Gasteiger partial charge in [-0.05, 0) is 18.2 Å². The van der Waals surface area contributed by atoms with Crippen LogP contribution in [0.1, 0.15) is 0 Å². The quantitative estimate of drug-likeness (QED) is 0.663. The number of hydrogen-bond donors (Lipinski definition) is 2. The number of nitrogens with two attached hydrogens (primary N) is 1. The Labute approximate surface area is 129 Å². The minimum absolute atomic E-state index is 0.565. The van der Waals surface area contributed by atoms with Crippen molar-refractivity contribution in [2.45, 2.75) is 0 Å². The molecule has 4 rings (SSSR count). The topological polar surface area (TPSA) is 73.2 Å². The normalized spacial score (nSPS) is 13.6. The molecule has 0 spiro atoms. The number of aromatic amines is 1. The van der Waals surface area contributed by atoms with Gasteiger partial charge in [-0.25, -0.2) is 4.98 Å². The van der Waals surface area contributed by atoms with Crippen LogP contribution in [0.5, 0.6) is 11.5 Å². The number of H-pyrrole nitrogens is 1. The van der Waals surface area contributed by atoms with Crippen LogP contribution in [0.25, 0.3) is 22.4 Å². The van der Waals surface area contributed by atoms with E-state index < -0.39 is 0 Å². The molecule has 2 heterocycles. The molecule has 0 atom stereocenters. The molecule has 1 aromatic heterocycles. The van der Waals surface area contributed by atoms with Gasteiger partial charge in [0.25, 0.3) is 0 Å². The first-order chi connectivity index (χ1) is 10.2. The monoisotopic (exact) mass is 345 g/mol. The minimum atomic E-state index is 0.565. The predicted octanol–water partition coefficient (Wildman–Crippen LogP) is 3.35. The molecule has 5 nitrogen and oxygen atoms in total. The highest BCUT2D eigenvalue weighted by molar-refractivity contribution is 9.10. The van der Waals surface area contributed by atoms with E-state index in [1.165, 1.54) is 0 Å². The number of nitrogen functional groups attached to an aromatic ring is 1. The molecule has 3 N–H and O–H groups in total. The average Bonchev–Trinajstić information content (AvgIpc) is 2.87. The summed E-state index contributed by atoms with van der Waals surface area (Å²) in [5.41, 5.74) is 9.32. The lowest BCUT2D eigenvalue weighted by atomic mass is 10.2. The Morgan fingerprint density at radius 2 is 1.86 bits per heavy atom. The minimum Gasteiger partial charge on any atom is -0.486 e. The lowest BCUT2D eigenvalue weighted by Gasteiger charge is -2.17. The molecule has 0 amide bonds. The van der Waals surface area contributed by atoms with E-state index in [0.717, 1.165) is 38.4 Å². The maximum Gasteiger partial charge on any atom is 0.163 e. The van der Waals surface area contributed by atoms with Crippen molar-refractivity contribution < 1.29 is 9.47 Å². The molecule has 0 unspecified atom stereocenters. The summed E-state index contributed by atoms with van der Waals surface area (Å²) in [6.07, 6.45) is 0. The van der Waals surface area contributed by atoms with E-state index in [0.29, 0.717) is 18.9 Å². The smallest absolute Gasteiger partial charge is 0.163 e. The third kappa shape index (κ3) is 2.12. The van der Waals surface area contributed by atoms with Gasteiger partial charge in [0.05, 0.1) is 11.0 Å². The Morgan fingerprint density at radius 1 is 1.10 bits per heavy atom. The number of anilines is 1. The van der Waals surface area contributed by atoms with Crippen LogP contribution < -0.4 is 15.2 Å². The van der Waals surface area contributed by atoms with Crippen molar-refractivity contribution in [2.24, 2.45) is 0 Å². The summed E-state index contributed by atoms with van der Waals surface area (Å²) in [7, 11) is 0. The molecule has 0 saturated carbocycles. The van der Waals surface area contributed by atoms with Crippen molar-refractivity contribution in [2.75, 3.05) is 18.9 Å². The highest BCUT2D eigenvalue weighted by Crippen LogP contribution is 2.35. The molecule has 2 aromatic carbocycles. The van der Waals surface area contributed by atoms with Gasteiger partial charge in [-0.3, -0.25) is 0 Å². The molecule has 0 fully saturated rings. The second kappa shape index (κ2) is 4.66. The molecule has 1 aliphatic heterocycles. The zero-order chi connectivity index (χ0) is 14.4. The SMILES string of the molecule is Nc1cc(Br)ccc1-c1nc2cc3c(cc2[nH]1)OCCO3. The second-order valence-electron chi connectivity index (χ2n) is 4.83. The van der Waals surface area contributed by atoms with Crippen LogP contribution in [0.2, 0.25) is 0 Å². The number of halogens is 1. The van der Waals surface area contributed by atoms with Crippen molar-refractivity contribution in [3.05, 3.63) is 34.8 Å². The van der Waals surface area contributed by atoms with Crippen LogP contribution in [0.15, 0.2) is 34.8 Å². The summed E-state index contributed by atoms with van der Waals surface area (Å²) in [4.78, 5) is 7.88. The number of imidazole rings is 1. The first kappa shape index (κ1) is 12.5. The number of rotatable bonds is 1. The molecule has 0 aliphatic carbocycles. The van der Waals surface area contributed by atoms with Crippen molar-refractivity contribution in [1.82, 2.24) is 9.97 Å². The third-order valence-corrected chi connectivity index (χ3v) is 3.91. The summed E-state index contributed by atoms with van der Waals surface area (Å²) in [5, 5.41) is 0. The zero-order valence-electron chi connectivity index (χ0n) is 11.0. The Bertz CT molecular complexity index is 801. The fourth-order valence-corrected chi connectivity index (χ4v) is 2.80. The standard InChI is InChI=1S/C15H12BrN3O2/c16-8-1-2-9(10(17)5-8)15-18-11-6-13-14(7-12(11)19-15)21-4-3-20-13/h1-2,5-7H,3-4,17H2,(H,18,19). The van der Waals surface area contributed by atoms with Gasteiger partial charge in [0.2, 0.25) is 0 Å². The van der Waals surface area contributed by atoms with Gasteiger partial charge >= 0.3 is 0 Å². The van der Waals surface area contributed by atoms with E-state index in [1.807, 2.05) is 30.3 Å². The van der Waals surface area contributed by atoms with Gasteiger partial charge in [0.1, 0.15) is 19.0 Å². The van der Waals surface area contributed by atoms with E-state index in [9.17, 15) is 0 Å². The highest BCUT2D eigenvalue weighted by atomic mass is 79.9. The van der Waals surface area contributed by atoms with E-state index >= 15 is 0 Å². The first-order valence-corrected chi connectivity index (χ1v) is 7.35. The van der Waals surface area contributed by atoms with Crippen molar-refractivity contribution in [3.8, 4) is 22.9 Å². The van der Waals surface area contributed by atoms with Gasteiger partial charge in [-0.1, -0.05) is 15.9 Å². The summed E-state index contributed by atoms with van der Waals surface area (Å²) >= 11 is 3.40. The van der Waals surface area contributed by atoms with Gasteiger partial charge < -0.3 is 20.2 Å². The fraction of sp³-hybridized carbons (Fsp3) is 0.133. The van der Waals surface area contributed by atoms with Crippen LogP contribution in [-0.4, -0.2) is 23.2 Å². The predicted molar refractivity (Wildman–Crippen MR) is 84.6 cm³/mol. The average molecular weight is 346 g/mol. The second-order valence-corrected chi connectivity index (χ2v) is 5.75. The molecule has 21 heavy (non-hydrogen) atoms. The van der Waals surface area contributed by atoms with Crippen LogP contribution >= 0.6 is 15.9 Å². The van der Waals surface area contributed by atoms with E-state index in [2.05, 4.69) is 25.9 Å². The summed E-state index contributed by atoms with van der Waals surface area (Å²) in [6.45, 7) is 1.13. The number of nitrogens with one attached hydrogen (secondary N) is 1. The molecular formula is C15H12BrN3O2. The van der Waals surface area contributed by atoms with E-state index in [4.69, 9.17) is 15.2 Å². The largest absolute Gasteiger partial charge is 0.486 e. The number of benzene rings is 2. The Morgan fingerprint density at radius 3 is 2.62 bits per heavy atom. The number of fused-ring (bicyclic) bond motifs is 2. The van der Waals surface area contributed by atoms with Gasteiger partial charge in [-0.2, -0.15) is 0 Å². The number of nitrogens with zero attached hydrogens (tertiary/aromatic N) is 1. The molecule has 106 valence electrons. The molecular weight excluding hydrogens is 334 g/mol. The van der Waals surface area contributed by atoms with Crippen molar-refractivity contribution >= 4 is 32.7 Å². The Hall–Kier alpha value is -2.21. The zero-order valence-corrected chi connectivity index (χ0v) is 12.6. The molecule has 3 aromatic rings. The van der Waals surface area contributed by atoms with Crippen LogP contribution in [-0.2, 0) is 0 Å². The molecule has 0 bridgehead atoms. The molecule has 1 aliphatic rings. The summed E-state index contributed by atoms with van der Waals surface area (Å²) in [6, 6.07) is 9.54. The molecule has 0 saturated heterocycles. The third-order valence-electron chi connectivity index (χ3n) is 3.41. The van der Waals surface area contributed by atoms with Gasteiger partial charge in [0, 0.05) is 27.9 Å². The van der Waals surface area contributed by atoms with Crippen molar-refractivity contribution in [3.63, 3.8) is 0 Å². The number of hydrogen-bond acceptors (Lipinski definition) is 4. The fourth-order valence-electron chi connectivity index (χ4n) is 2.42. The van der Waals surface area contributed by atoms with Crippen molar-refractivity contribution in [1.29, 1.82) is 0 Å². The lowest BCUT2D eigenvalue weighted by molar-refractivity contribution is 0.172. The Kier molecular flexibility index (Phi) is 2.78. The molecule has 0 radical (unpaired) electrons. The van der Waals surface area contributed by atoms with Crippen LogP contribution in [0.4, 0.5) is 5.69 Å². The maximum absolute atomic E-state index is 6.06. The van der Waals surface area contributed by atoms with Gasteiger partial charge in [0.15, 0.2) is 11.5 Å². The molecule has 6 heteroatoms. The van der Waals surface area contributed by atoms with Gasteiger partial charge in [-0.15, -0.1) is 0 Å². The van der Waals surface area contributed by atoms with E-state index in [1.54, 1.807) is 0 Å². The lowest BCUT2D eigenvalue weighted by Crippen LogP contribution is -2.15. The summed E-state index contributed by atoms with van der Waals surface area (Å²) in [5.74, 6) is 2.21. The van der Waals surface area contributed by atoms with E-state index in [-0.39, 0.29) is 0 Å². The Balaban J connectivity index is 1.86. The maximum atomic E-state index is 6.06. The van der Waals surface area contributed by atoms with Crippen LogP contribution in [0.3, 0.4) is 0 Å². The number of ether oxygens (including phenoxy) is 2. The van der Waals surface area contributed by atoms with Crippen LogP contribution in [0, 0.1) is 0 Å².